The highest BCUT2D eigenvalue weighted by molar-refractivity contribution is 7.74. The SMILES string of the molecule is O=P(ONO)(c1ccccc1)c1ccccc1. The monoisotopic (exact) mass is 249 g/mol. The second-order valence-corrected chi connectivity index (χ2v) is 5.72. The van der Waals surface area contributed by atoms with Crippen LogP contribution in [0.1, 0.15) is 0 Å². The van der Waals surface area contributed by atoms with E-state index in [0.29, 0.717) is 10.6 Å². The molecular weight excluding hydrogens is 237 g/mol. The first kappa shape index (κ1) is 12.0. The minimum Gasteiger partial charge on any atom is -0.292 e. The van der Waals surface area contributed by atoms with Crippen LogP contribution in [-0.4, -0.2) is 5.21 Å². The Balaban J connectivity index is 2.51. The lowest BCUT2D eigenvalue weighted by molar-refractivity contribution is -0.0383. The average molecular weight is 249 g/mol. The van der Waals surface area contributed by atoms with Crippen LogP contribution >= 0.6 is 7.37 Å². The summed E-state index contributed by atoms with van der Waals surface area (Å²) in [6.07, 6.45) is 0. The molecule has 0 saturated heterocycles. The lowest BCUT2D eigenvalue weighted by Gasteiger charge is -2.16. The van der Waals surface area contributed by atoms with Gasteiger partial charge in [0.15, 0.2) is 0 Å². The molecule has 5 heteroatoms. The summed E-state index contributed by atoms with van der Waals surface area (Å²) < 4.78 is 17.6. The van der Waals surface area contributed by atoms with Gasteiger partial charge in [-0.3, -0.25) is 9.77 Å². The minimum absolute atomic E-state index is 0.521. The number of hydrogen-bond donors (Lipinski definition) is 2. The Kier molecular flexibility index (Phi) is 3.71. The molecule has 2 aromatic carbocycles. The van der Waals surface area contributed by atoms with E-state index >= 15 is 0 Å². The van der Waals surface area contributed by atoms with E-state index < -0.39 is 7.37 Å². The van der Waals surface area contributed by atoms with Gasteiger partial charge in [-0.2, -0.15) is 0 Å². The van der Waals surface area contributed by atoms with Crippen LogP contribution in [0.2, 0.25) is 0 Å². The maximum Gasteiger partial charge on any atom is 0.279 e. The van der Waals surface area contributed by atoms with Crippen molar-refractivity contribution in [3.63, 3.8) is 0 Å². The fraction of sp³-hybridized carbons (Fsp3) is 0. The summed E-state index contributed by atoms with van der Waals surface area (Å²) in [7, 11) is -3.29. The molecule has 88 valence electrons. The van der Waals surface area contributed by atoms with Crippen molar-refractivity contribution < 1.29 is 14.4 Å². The number of benzene rings is 2. The molecule has 2 rings (SSSR count). The third-order valence-electron chi connectivity index (χ3n) is 2.36. The zero-order chi connectivity index (χ0) is 12.1. The number of rotatable bonds is 4. The van der Waals surface area contributed by atoms with Crippen molar-refractivity contribution in [2.24, 2.45) is 0 Å². The minimum atomic E-state index is -3.29. The van der Waals surface area contributed by atoms with Gasteiger partial charge in [0.25, 0.3) is 7.37 Å². The van der Waals surface area contributed by atoms with Gasteiger partial charge >= 0.3 is 0 Å². The fourth-order valence-electron chi connectivity index (χ4n) is 1.56. The fourth-order valence-corrected chi connectivity index (χ4v) is 3.31. The maximum atomic E-state index is 12.8. The molecule has 4 nitrogen and oxygen atoms in total. The number of nitrogens with one attached hydrogen (secondary N) is 1. The zero-order valence-corrected chi connectivity index (χ0v) is 9.88. The van der Waals surface area contributed by atoms with E-state index in [4.69, 9.17) is 9.83 Å². The van der Waals surface area contributed by atoms with Crippen molar-refractivity contribution in [3.8, 4) is 0 Å². The van der Waals surface area contributed by atoms with E-state index in [2.05, 4.69) is 0 Å². The van der Waals surface area contributed by atoms with Crippen LogP contribution in [0.3, 0.4) is 0 Å². The van der Waals surface area contributed by atoms with Crippen LogP contribution in [0.15, 0.2) is 60.7 Å². The smallest absolute Gasteiger partial charge is 0.279 e. The Hall–Kier alpha value is -1.45. The molecule has 2 aromatic rings. The van der Waals surface area contributed by atoms with Crippen LogP contribution in [0.4, 0.5) is 0 Å². The predicted molar refractivity (Wildman–Crippen MR) is 65.8 cm³/mol. The molecule has 0 aliphatic heterocycles. The number of hydrogen-bond acceptors (Lipinski definition) is 4. The molecule has 0 unspecified atom stereocenters. The second-order valence-electron chi connectivity index (χ2n) is 3.41. The van der Waals surface area contributed by atoms with Crippen LogP contribution in [-0.2, 0) is 9.19 Å². The summed E-state index contributed by atoms with van der Waals surface area (Å²) in [5.74, 6) is 0. The molecule has 0 amide bonds. The van der Waals surface area contributed by atoms with Crippen LogP contribution in [0.5, 0.6) is 0 Å². The standard InChI is InChI=1S/C12H12NO3P/c14-13-16-17(15,11-7-3-1-4-8-11)12-9-5-2-6-10-12/h1-10,13-14H. The molecule has 0 heterocycles. The molecular formula is C12H12NO3P. The van der Waals surface area contributed by atoms with E-state index in [0.717, 1.165) is 0 Å². The summed E-state index contributed by atoms with van der Waals surface area (Å²) in [5, 5.41) is 9.72. The van der Waals surface area contributed by atoms with Crippen molar-refractivity contribution in [1.82, 2.24) is 5.64 Å². The molecule has 0 saturated carbocycles. The van der Waals surface area contributed by atoms with Crippen molar-refractivity contribution >= 4 is 18.0 Å². The summed E-state index contributed by atoms with van der Waals surface area (Å²) in [5.41, 5.74) is 1.54. The average Bonchev–Trinajstić information content (AvgIpc) is 2.41. The van der Waals surface area contributed by atoms with Crippen LogP contribution in [0.25, 0.3) is 0 Å². The largest absolute Gasteiger partial charge is 0.292 e. The molecule has 0 aliphatic carbocycles. The van der Waals surface area contributed by atoms with Crippen molar-refractivity contribution in [2.45, 2.75) is 0 Å². The van der Waals surface area contributed by atoms with Crippen molar-refractivity contribution in [3.05, 3.63) is 60.7 Å². The van der Waals surface area contributed by atoms with Gasteiger partial charge in [0.05, 0.1) is 0 Å². The van der Waals surface area contributed by atoms with Gasteiger partial charge in [-0.25, -0.2) is 4.62 Å². The van der Waals surface area contributed by atoms with E-state index in [1.54, 1.807) is 54.2 Å². The van der Waals surface area contributed by atoms with E-state index in [1.165, 1.54) is 0 Å². The highest BCUT2D eigenvalue weighted by Gasteiger charge is 2.28. The summed E-state index contributed by atoms with van der Waals surface area (Å²) in [6, 6.07) is 17.5. The van der Waals surface area contributed by atoms with Crippen LogP contribution in [0, 0.1) is 0 Å². The molecule has 17 heavy (non-hydrogen) atoms. The highest BCUT2D eigenvalue weighted by Crippen LogP contribution is 2.42. The molecule has 0 spiro atoms. The van der Waals surface area contributed by atoms with Gasteiger partial charge in [0, 0.05) is 10.6 Å². The van der Waals surface area contributed by atoms with Gasteiger partial charge in [0.1, 0.15) is 0 Å². The van der Waals surface area contributed by atoms with Gasteiger partial charge in [-0.1, -0.05) is 42.0 Å². The van der Waals surface area contributed by atoms with Crippen LogP contribution < -0.4 is 16.3 Å². The normalized spacial score (nSPS) is 11.4. The van der Waals surface area contributed by atoms with Crippen molar-refractivity contribution in [2.75, 3.05) is 0 Å². The summed E-state index contributed by atoms with van der Waals surface area (Å²) in [6.45, 7) is 0. The molecule has 0 bridgehead atoms. The molecule has 0 fully saturated rings. The Morgan fingerprint density at radius 1 is 0.882 bits per heavy atom. The Bertz CT molecular complexity index is 472. The lowest BCUT2D eigenvalue weighted by atomic mass is 10.4. The Morgan fingerprint density at radius 2 is 1.29 bits per heavy atom. The molecule has 2 N–H and O–H groups in total. The predicted octanol–water partition coefficient (Wildman–Crippen LogP) is 1.83. The van der Waals surface area contributed by atoms with E-state index in [-0.39, 0.29) is 0 Å². The first-order valence-electron chi connectivity index (χ1n) is 5.06. The lowest BCUT2D eigenvalue weighted by Crippen LogP contribution is -2.22. The van der Waals surface area contributed by atoms with Gasteiger partial charge in [-0.05, 0) is 24.3 Å². The van der Waals surface area contributed by atoms with Gasteiger partial charge in [-0.15, -0.1) is 0 Å². The zero-order valence-electron chi connectivity index (χ0n) is 8.98. The van der Waals surface area contributed by atoms with Gasteiger partial charge in [0.2, 0.25) is 0 Å². The summed E-state index contributed by atoms with van der Waals surface area (Å²) >= 11 is 0. The second kappa shape index (κ2) is 5.25. The molecule has 0 aliphatic rings. The Labute approximate surface area is 99.2 Å². The Morgan fingerprint density at radius 3 is 1.65 bits per heavy atom. The topological polar surface area (TPSA) is 58.6 Å². The van der Waals surface area contributed by atoms with Gasteiger partial charge < -0.3 is 0 Å². The third kappa shape index (κ3) is 2.46. The van der Waals surface area contributed by atoms with Crippen molar-refractivity contribution in [1.29, 1.82) is 0 Å². The first-order valence-corrected chi connectivity index (χ1v) is 6.69. The molecule has 0 aromatic heterocycles. The molecule has 0 radical (unpaired) electrons. The third-order valence-corrected chi connectivity index (χ3v) is 4.66. The molecule has 0 atom stereocenters. The van der Waals surface area contributed by atoms with E-state index in [1.807, 2.05) is 12.1 Å². The highest BCUT2D eigenvalue weighted by atomic mass is 31.2. The summed E-state index contributed by atoms with van der Waals surface area (Å²) in [4.78, 5) is 0. The quantitative estimate of drug-likeness (QED) is 0.641. The first-order chi connectivity index (χ1) is 8.27. The maximum absolute atomic E-state index is 12.8. The van der Waals surface area contributed by atoms with E-state index in [9.17, 15) is 4.57 Å².